The zero-order valence-corrected chi connectivity index (χ0v) is 8.83. The van der Waals surface area contributed by atoms with Crippen LogP contribution in [-0.2, 0) is 0 Å². The molecule has 0 bridgehead atoms. The first kappa shape index (κ1) is 9.46. The van der Waals surface area contributed by atoms with E-state index in [9.17, 15) is 0 Å². The first-order valence-corrected chi connectivity index (χ1v) is 5.17. The highest BCUT2D eigenvalue weighted by Crippen LogP contribution is 2.18. The highest BCUT2D eigenvalue weighted by molar-refractivity contribution is 5.50. The van der Waals surface area contributed by atoms with Crippen molar-refractivity contribution < 1.29 is 0 Å². The number of rotatable bonds is 1. The van der Waals surface area contributed by atoms with Crippen molar-refractivity contribution in [2.24, 2.45) is 0 Å². The second kappa shape index (κ2) is 3.96. The van der Waals surface area contributed by atoms with Gasteiger partial charge in [-0.3, -0.25) is 4.98 Å². The minimum atomic E-state index is 0.573. The Labute approximate surface area is 85.1 Å². The zero-order valence-electron chi connectivity index (χ0n) is 8.83. The molecular weight excluding hydrogens is 174 g/mol. The summed E-state index contributed by atoms with van der Waals surface area (Å²) < 4.78 is 0. The molecule has 1 N–H and O–H groups in total. The van der Waals surface area contributed by atoms with Crippen LogP contribution in [0.4, 0.5) is 5.69 Å². The molecule has 14 heavy (non-hydrogen) atoms. The molecule has 1 saturated heterocycles. The summed E-state index contributed by atoms with van der Waals surface area (Å²) in [6.45, 7) is 7.51. The maximum absolute atomic E-state index is 4.32. The van der Waals surface area contributed by atoms with Crippen LogP contribution < -0.4 is 10.2 Å². The van der Waals surface area contributed by atoms with E-state index in [1.165, 1.54) is 5.69 Å². The number of aryl methyl sites for hydroxylation is 1. The lowest BCUT2D eigenvalue weighted by atomic mass is 10.2. The molecular formula is C11H17N3. The van der Waals surface area contributed by atoms with E-state index in [0.717, 1.165) is 25.3 Å². The van der Waals surface area contributed by atoms with Crippen molar-refractivity contribution in [2.75, 3.05) is 24.5 Å². The lowest BCUT2D eigenvalue weighted by Gasteiger charge is -2.34. The summed E-state index contributed by atoms with van der Waals surface area (Å²) in [5.74, 6) is 0. The maximum atomic E-state index is 4.32. The molecule has 3 nitrogen and oxygen atoms in total. The SMILES string of the molecule is Cc1ncccc1N1CCNC(C)C1. The van der Waals surface area contributed by atoms with Crippen LogP contribution in [0.15, 0.2) is 18.3 Å². The summed E-state index contributed by atoms with van der Waals surface area (Å²) in [7, 11) is 0. The number of hydrogen-bond acceptors (Lipinski definition) is 3. The molecule has 0 aromatic carbocycles. The highest BCUT2D eigenvalue weighted by atomic mass is 15.2. The van der Waals surface area contributed by atoms with E-state index >= 15 is 0 Å². The van der Waals surface area contributed by atoms with Crippen molar-refractivity contribution in [3.05, 3.63) is 24.0 Å². The molecule has 0 amide bonds. The summed E-state index contributed by atoms with van der Waals surface area (Å²) in [5, 5.41) is 3.44. The van der Waals surface area contributed by atoms with Gasteiger partial charge in [0, 0.05) is 31.9 Å². The molecule has 0 spiro atoms. The lowest BCUT2D eigenvalue weighted by molar-refractivity contribution is 0.484. The van der Waals surface area contributed by atoms with E-state index in [0.29, 0.717) is 6.04 Å². The number of aromatic nitrogens is 1. The fourth-order valence-electron chi connectivity index (χ4n) is 1.96. The van der Waals surface area contributed by atoms with Crippen molar-refractivity contribution in [1.29, 1.82) is 0 Å². The number of nitrogens with zero attached hydrogens (tertiary/aromatic N) is 2. The molecule has 0 radical (unpaired) electrons. The van der Waals surface area contributed by atoms with Gasteiger partial charge in [-0.2, -0.15) is 0 Å². The van der Waals surface area contributed by atoms with Crippen LogP contribution in [0.1, 0.15) is 12.6 Å². The molecule has 0 saturated carbocycles. The smallest absolute Gasteiger partial charge is 0.0605 e. The number of anilines is 1. The second-order valence-electron chi connectivity index (χ2n) is 3.91. The number of hydrogen-bond donors (Lipinski definition) is 1. The van der Waals surface area contributed by atoms with Crippen molar-refractivity contribution in [3.8, 4) is 0 Å². The molecule has 1 unspecified atom stereocenters. The fourth-order valence-corrected chi connectivity index (χ4v) is 1.96. The van der Waals surface area contributed by atoms with Crippen LogP contribution in [0.25, 0.3) is 0 Å². The van der Waals surface area contributed by atoms with Crippen LogP contribution in [0, 0.1) is 6.92 Å². The van der Waals surface area contributed by atoms with Crippen molar-refractivity contribution in [3.63, 3.8) is 0 Å². The molecule has 2 heterocycles. The fraction of sp³-hybridized carbons (Fsp3) is 0.545. The van der Waals surface area contributed by atoms with E-state index in [1.807, 2.05) is 12.3 Å². The van der Waals surface area contributed by atoms with Gasteiger partial charge in [0.05, 0.1) is 11.4 Å². The van der Waals surface area contributed by atoms with E-state index in [-0.39, 0.29) is 0 Å². The van der Waals surface area contributed by atoms with E-state index < -0.39 is 0 Å². The highest BCUT2D eigenvalue weighted by Gasteiger charge is 2.16. The third kappa shape index (κ3) is 1.87. The molecule has 1 aromatic heterocycles. The third-order valence-corrected chi connectivity index (χ3v) is 2.69. The first-order chi connectivity index (χ1) is 6.77. The van der Waals surface area contributed by atoms with Crippen molar-refractivity contribution in [1.82, 2.24) is 10.3 Å². The Morgan fingerprint density at radius 2 is 2.43 bits per heavy atom. The van der Waals surface area contributed by atoms with Gasteiger partial charge in [-0.05, 0) is 26.0 Å². The summed E-state index contributed by atoms with van der Waals surface area (Å²) in [6.07, 6.45) is 1.85. The largest absolute Gasteiger partial charge is 0.367 e. The Morgan fingerprint density at radius 1 is 1.57 bits per heavy atom. The van der Waals surface area contributed by atoms with Gasteiger partial charge in [-0.1, -0.05) is 0 Å². The van der Waals surface area contributed by atoms with E-state index in [1.54, 1.807) is 0 Å². The molecule has 2 rings (SSSR count). The molecule has 3 heteroatoms. The Morgan fingerprint density at radius 3 is 3.14 bits per heavy atom. The van der Waals surface area contributed by atoms with Crippen LogP contribution >= 0.6 is 0 Å². The van der Waals surface area contributed by atoms with Gasteiger partial charge in [0.15, 0.2) is 0 Å². The second-order valence-corrected chi connectivity index (χ2v) is 3.91. The Balaban J connectivity index is 2.18. The molecule has 0 aliphatic carbocycles. The van der Waals surface area contributed by atoms with Gasteiger partial charge < -0.3 is 10.2 Å². The van der Waals surface area contributed by atoms with Gasteiger partial charge in [-0.15, -0.1) is 0 Å². The molecule has 1 atom stereocenters. The predicted octanol–water partition coefficient (Wildman–Crippen LogP) is 1.19. The standard InChI is InChI=1S/C11H17N3/c1-9-8-14(7-6-12-9)11-4-3-5-13-10(11)2/h3-5,9,12H,6-8H2,1-2H3. The van der Waals surface area contributed by atoms with Crippen LogP contribution in [0.2, 0.25) is 0 Å². The Hall–Kier alpha value is -1.09. The van der Waals surface area contributed by atoms with E-state index in [2.05, 4.69) is 35.1 Å². The normalized spacial score (nSPS) is 22.4. The number of pyridine rings is 1. The monoisotopic (exact) mass is 191 g/mol. The number of nitrogens with one attached hydrogen (secondary N) is 1. The van der Waals surface area contributed by atoms with Gasteiger partial charge in [-0.25, -0.2) is 0 Å². The van der Waals surface area contributed by atoms with Gasteiger partial charge >= 0.3 is 0 Å². The molecule has 76 valence electrons. The summed E-state index contributed by atoms with van der Waals surface area (Å²) >= 11 is 0. The van der Waals surface area contributed by atoms with Crippen LogP contribution in [-0.4, -0.2) is 30.7 Å². The topological polar surface area (TPSA) is 28.2 Å². The molecule has 1 aliphatic rings. The van der Waals surface area contributed by atoms with E-state index in [4.69, 9.17) is 0 Å². The Bertz CT molecular complexity index is 311. The van der Waals surface area contributed by atoms with Gasteiger partial charge in [0.25, 0.3) is 0 Å². The minimum Gasteiger partial charge on any atom is -0.367 e. The third-order valence-electron chi connectivity index (χ3n) is 2.69. The first-order valence-electron chi connectivity index (χ1n) is 5.17. The van der Waals surface area contributed by atoms with Gasteiger partial charge in [0.1, 0.15) is 0 Å². The van der Waals surface area contributed by atoms with Crippen molar-refractivity contribution >= 4 is 5.69 Å². The number of piperazine rings is 1. The molecule has 1 aromatic rings. The summed E-state index contributed by atoms with van der Waals surface area (Å²) in [6, 6.07) is 4.73. The average Bonchev–Trinajstić information content (AvgIpc) is 2.18. The quantitative estimate of drug-likeness (QED) is 0.722. The minimum absolute atomic E-state index is 0.573. The van der Waals surface area contributed by atoms with Crippen LogP contribution in [0.3, 0.4) is 0 Å². The molecule has 1 aliphatic heterocycles. The summed E-state index contributed by atoms with van der Waals surface area (Å²) in [5.41, 5.74) is 2.41. The Kier molecular flexibility index (Phi) is 2.68. The summed E-state index contributed by atoms with van der Waals surface area (Å²) in [4.78, 5) is 6.72. The van der Waals surface area contributed by atoms with Crippen LogP contribution in [0.5, 0.6) is 0 Å². The average molecular weight is 191 g/mol. The van der Waals surface area contributed by atoms with Crippen molar-refractivity contribution in [2.45, 2.75) is 19.9 Å². The zero-order chi connectivity index (χ0) is 9.97. The molecule has 1 fully saturated rings. The van der Waals surface area contributed by atoms with Gasteiger partial charge in [0.2, 0.25) is 0 Å². The predicted molar refractivity (Wildman–Crippen MR) is 58.7 cm³/mol. The maximum Gasteiger partial charge on any atom is 0.0605 e. The lowest BCUT2D eigenvalue weighted by Crippen LogP contribution is -2.49.